The number of aryl methyl sites for hydroxylation is 2. The van der Waals surface area contributed by atoms with E-state index in [1.807, 2.05) is 0 Å². The summed E-state index contributed by atoms with van der Waals surface area (Å²) < 4.78 is 0. The fourth-order valence-corrected chi connectivity index (χ4v) is 3.82. The maximum absolute atomic E-state index is 11.9. The van der Waals surface area contributed by atoms with E-state index in [1.54, 1.807) is 11.3 Å². The van der Waals surface area contributed by atoms with Crippen LogP contribution in [0, 0.1) is 0 Å². The number of aromatic nitrogens is 2. The molecule has 0 amide bonds. The molecule has 0 radical (unpaired) electrons. The summed E-state index contributed by atoms with van der Waals surface area (Å²) in [5.74, 6) is 0. The fraction of sp³-hybridized carbons (Fsp3) is 0.455. The molecule has 1 aliphatic carbocycles. The van der Waals surface area contributed by atoms with Crippen LogP contribution in [0.2, 0.25) is 0 Å². The predicted molar refractivity (Wildman–Crippen MR) is 67.1 cm³/mol. The minimum Gasteiger partial charge on any atom is -0.742 e. The molecule has 3 nitrogen and oxygen atoms in total. The van der Waals surface area contributed by atoms with Crippen LogP contribution in [0.4, 0.5) is 0 Å². The zero-order chi connectivity index (χ0) is 11.1. The Morgan fingerprint density at radius 1 is 1.24 bits per heavy atom. The summed E-state index contributed by atoms with van der Waals surface area (Å²) >= 11 is 6.58. The monoisotopic (exact) mass is 290 g/mol. The van der Waals surface area contributed by atoms with Gasteiger partial charge in [0.1, 0.15) is 4.83 Å². The molecule has 2 heterocycles. The van der Waals surface area contributed by atoms with E-state index in [9.17, 15) is 4.79 Å². The molecule has 3 rings (SSSR count). The van der Waals surface area contributed by atoms with Crippen LogP contribution in [0.5, 0.6) is 0 Å². The molecule has 1 aliphatic rings. The normalized spacial score (nSPS) is 15.1. The Labute approximate surface area is 151 Å². The van der Waals surface area contributed by atoms with Crippen LogP contribution in [0.15, 0.2) is 9.95 Å². The largest absolute Gasteiger partial charge is 1.00 e. The van der Waals surface area contributed by atoms with E-state index in [-0.39, 0.29) is 56.9 Å². The number of nitrogens with zero attached hydrogens (tertiary/aromatic N) is 1. The molecular weight excluding hydrogens is 279 g/mol. The van der Waals surface area contributed by atoms with Gasteiger partial charge in [0.15, 0.2) is 0 Å². The number of thiophene rings is 1. The third kappa shape index (κ3) is 2.68. The zero-order valence-corrected chi connectivity index (χ0v) is 14.5. The first kappa shape index (κ1) is 14.1. The summed E-state index contributed by atoms with van der Waals surface area (Å²) in [6, 6.07) is 0. The van der Waals surface area contributed by atoms with Crippen molar-refractivity contribution in [2.24, 2.45) is 0 Å². The molecule has 0 spiro atoms. The molecule has 0 atom stereocenters. The summed E-state index contributed by atoms with van der Waals surface area (Å²) in [5, 5.41) is 1.09. The molecule has 6 heteroatoms. The second kappa shape index (κ2) is 5.77. The van der Waals surface area contributed by atoms with Gasteiger partial charge in [-0.3, -0.25) is 4.79 Å². The van der Waals surface area contributed by atoms with Gasteiger partial charge in [-0.1, -0.05) is 6.42 Å². The van der Waals surface area contributed by atoms with Gasteiger partial charge in [0.05, 0.1) is 5.39 Å². The SMILES string of the molecule is O=c1[nH]c([S-])nc2sc3c(c12)CCCCC3.[K+]. The van der Waals surface area contributed by atoms with Crippen molar-refractivity contribution in [1.29, 1.82) is 0 Å². The van der Waals surface area contributed by atoms with Crippen LogP contribution in [0.25, 0.3) is 10.2 Å². The van der Waals surface area contributed by atoms with Crippen molar-refractivity contribution in [3.63, 3.8) is 0 Å². The molecule has 0 aromatic carbocycles. The van der Waals surface area contributed by atoms with Crippen molar-refractivity contribution in [3.8, 4) is 0 Å². The van der Waals surface area contributed by atoms with Gasteiger partial charge in [0, 0.05) is 4.88 Å². The minimum atomic E-state index is -0.0607. The van der Waals surface area contributed by atoms with E-state index in [2.05, 4.69) is 9.97 Å². The van der Waals surface area contributed by atoms with Crippen LogP contribution in [-0.2, 0) is 25.5 Å². The average Bonchev–Trinajstić information content (AvgIpc) is 2.42. The average molecular weight is 290 g/mol. The van der Waals surface area contributed by atoms with Gasteiger partial charge < -0.3 is 17.6 Å². The Bertz CT molecular complexity index is 605. The Morgan fingerprint density at radius 2 is 2.00 bits per heavy atom. The molecule has 0 fully saturated rings. The molecule has 0 saturated heterocycles. The molecule has 17 heavy (non-hydrogen) atoms. The van der Waals surface area contributed by atoms with E-state index >= 15 is 0 Å². The second-order valence-corrected chi connectivity index (χ2v) is 5.59. The summed E-state index contributed by atoms with van der Waals surface area (Å²) in [4.78, 5) is 20.9. The van der Waals surface area contributed by atoms with E-state index < -0.39 is 0 Å². The van der Waals surface area contributed by atoms with E-state index in [0.717, 1.165) is 23.1 Å². The first-order valence-electron chi connectivity index (χ1n) is 5.47. The molecule has 0 aliphatic heterocycles. The summed E-state index contributed by atoms with van der Waals surface area (Å²) in [6.07, 6.45) is 5.75. The standard InChI is InChI=1S/C11H12N2OS2.K/c14-9-8-6-4-2-1-3-5-7(6)16-10(8)13-11(15)12-9;/h1-5H2,(H2,12,13,14,15);/q;+1/p-1. The van der Waals surface area contributed by atoms with Gasteiger partial charge in [0.25, 0.3) is 5.56 Å². The maximum Gasteiger partial charge on any atom is 1.00 e. The molecule has 0 unspecified atom stereocenters. The van der Waals surface area contributed by atoms with Crippen LogP contribution in [0.1, 0.15) is 29.7 Å². The summed E-state index contributed by atoms with van der Waals surface area (Å²) in [7, 11) is 0. The number of hydrogen-bond acceptors (Lipinski definition) is 4. The number of nitrogens with one attached hydrogen (secondary N) is 1. The molecule has 84 valence electrons. The van der Waals surface area contributed by atoms with Gasteiger partial charge in [-0.15, -0.1) is 11.3 Å². The molecule has 2 aromatic rings. The fourth-order valence-electron chi connectivity index (χ4n) is 2.32. The Hall–Kier alpha value is 0.696. The maximum atomic E-state index is 11.9. The molecular formula is C11H11KN2OS2. The van der Waals surface area contributed by atoms with Crippen LogP contribution in [-0.4, -0.2) is 9.97 Å². The van der Waals surface area contributed by atoms with Crippen LogP contribution in [0.3, 0.4) is 0 Å². The van der Waals surface area contributed by atoms with Crippen molar-refractivity contribution >= 4 is 34.2 Å². The number of fused-ring (bicyclic) bond motifs is 3. The molecule has 0 saturated carbocycles. The van der Waals surface area contributed by atoms with Crippen molar-refractivity contribution in [2.45, 2.75) is 37.3 Å². The first-order chi connectivity index (χ1) is 7.75. The van der Waals surface area contributed by atoms with Crippen molar-refractivity contribution < 1.29 is 51.4 Å². The van der Waals surface area contributed by atoms with Crippen LogP contribution >= 0.6 is 11.3 Å². The number of rotatable bonds is 0. The zero-order valence-electron chi connectivity index (χ0n) is 9.71. The van der Waals surface area contributed by atoms with Crippen LogP contribution < -0.4 is 56.9 Å². The van der Waals surface area contributed by atoms with Gasteiger partial charge >= 0.3 is 51.4 Å². The molecule has 0 bridgehead atoms. The minimum absolute atomic E-state index is 0. The number of H-pyrrole nitrogens is 1. The van der Waals surface area contributed by atoms with Crippen molar-refractivity contribution in [3.05, 3.63) is 20.8 Å². The molecule has 1 N–H and O–H groups in total. The number of hydrogen-bond donors (Lipinski definition) is 1. The van der Waals surface area contributed by atoms with Gasteiger partial charge in [-0.05, 0) is 36.4 Å². The topological polar surface area (TPSA) is 45.8 Å². The Morgan fingerprint density at radius 3 is 2.82 bits per heavy atom. The van der Waals surface area contributed by atoms with Crippen molar-refractivity contribution in [2.75, 3.05) is 0 Å². The smallest absolute Gasteiger partial charge is 0.742 e. The third-order valence-corrected chi connectivity index (χ3v) is 4.43. The Kier molecular flexibility index (Phi) is 4.79. The van der Waals surface area contributed by atoms with E-state index in [1.165, 1.54) is 29.7 Å². The Balaban J connectivity index is 0.00000108. The van der Waals surface area contributed by atoms with Gasteiger partial charge in [-0.25, -0.2) is 4.98 Å². The van der Waals surface area contributed by atoms with Gasteiger partial charge in [0.2, 0.25) is 0 Å². The summed E-state index contributed by atoms with van der Waals surface area (Å²) in [6.45, 7) is 0. The number of aromatic amines is 1. The molecule has 2 aromatic heterocycles. The second-order valence-electron chi connectivity index (χ2n) is 4.12. The summed E-state index contributed by atoms with van der Waals surface area (Å²) in [5.41, 5.74) is 1.16. The van der Waals surface area contributed by atoms with Crippen molar-refractivity contribution in [1.82, 2.24) is 9.97 Å². The van der Waals surface area contributed by atoms with E-state index in [4.69, 9.17) is 12.6 Å². The quantitative estimate of drug-likeness (QED) is 0.298. The van der Waals surface area contributed by atoms with Gasteiger partial charge in [-0.2, -0.15) is 0 Å². The first-order valence-corrected chi connectivity index (χ1v) is 6.70. The van der Waals surface area contributed by atoms with E-state index in [0.29, 0.717) is 5.16 Å². The predicted octanol–water partition coefficient (Wildman–Crippen LogP) is -0.837. The third-order valence-electron chi connectivity index (χ3n) is 3.05.